The van der Waals surface area contributed by atoms with Crippen molar-refractivity contribution in [3.05, 3.63) is 68.8 Å². The minimum atomic E-state index is -0.643. The fraction of sp³-hybridized carbons (Fsp3) is 0.143. The van der Waals surface area contributed by atoms with E-state index in [1.54, 1.807) is 4.90 Å². The van der Waals surface area contributed by atoms with Gasteiger partial charge in [-0.3, -0.25) is 20.2 Å². The van der Waals surface area contributed by atoms with Crippen molar-refractivity contribution in [1.82, 2.24) is 0 Å². The Morgan fingerprint density at radius 2 is 1.67 bits per heavy atom. The fourth-order valence-corrected chi connectivity index (χ4v) is 2.10. The van der Waals surface area contributed by atoms with E-state index in [-0.39, 0.29) is 11.4 Å². The molecule has 0 aliphatic carbocycles. The molecule has 21 heavy (non-hydrogen) atoms. The minimum Gasteiger partial charge on any atom is -0.336 e. The van der Waals surface area contributed by atoms with Crippen LogP contribution in [-0.4, -0.2) is 16.4 Å². The van der Waals surface area contributed by atoms with Gasteiger partial charge in [-0.15, -0.1) is 0 Å². The second-order valence-electron chi connectivity index (χ2n) is 4.27. The van der Waals surface area contributed by atoms with Crippen LogP contribution < -0.4 is 4.90 Å². The second-order valence-corrected chi connectivity index (χ2v) is 4.27. The number of nitrogens with zero attached hydrogens (tertiary/aromatic N) is 3. The smallest absolute Gasteiger partial charge is 0.299 e. The molecule has 0 N–H and O–H groups in total. The summed E-state index contributed by atoms with van der Waals surface area (Å²) < 4.78 is 0. The molecule has 0 aliphatic rings. The maximum atomic E-state index is 11.2. The molecule has 0 aliphatic heterocycles. The molecule has 0 unspecified atom stereocenters. The molecule has 0 radical (unpaired) electrons. The lowest BCUT2D eigenvalue weighted by Gasteiger charge is -2.22. The molecule has 7 heteroatoms. The summed E-state index contributed by atoms with van der Waals surface area (Å²) >= 11 is 0. The predicted molar refractivity (Wildman–Crippen MR) is 78.9 cm³/mol. The normalized spacial score (nSPS) is 10.1. The van der Waals surface area contributed by atoms with Crippen LogP contribution in [0.5, 0.6) is 0 Å². The molecular formula is C14H13N3O4. The number of non-ortho nitro benzene ring substituents is 1. The van der Waals surface area contributed by atoms with Crippen molar-refractivity contribution in [2.45, 2.75) is 6.92 Å². The van der Waals surface area contributed by atoms with Crippen molar-refractivity contribution in [3.63, 3.8) is 0 Å². The van der Waals surface area contributed by atoms with Gasteiger partial charge in [0.2, 0.25) is 0 Å². The number of benzene rings is 2. The maximum Gasteiger partial charge on any atom is 0.299 e. The van der Waals surface area contributed by atoms with Crippen molar-refractivity contribution in [1.29, 1.82) is 0 Å². The third-order valence-electron chi connectivity index (χ3n) is 3.04. The zero-order chi connectivity index (χ0) is 15.4. The van der Waals surface area contributed by atoms with Gasteiger partial charge in [0.1, 0.15) is 5.69 Å². The zero-order valence-electron chi connectivity index (χ0n) is 11.3. The highest BCUT2D eigenvalue weighted by Gasteiger charge is 2.23. The van der Waals surface area contributed by atoms with Crippen molar-refractivity contribution < 1.29 is 9.85 Å². The van der Waals surface area contributed by atoms with Gasteiger partial charge in [0.15, 0.2) is 0 Å². The van der Waals surface area contributed by atoms with E-state index in [4.69, 9.17) is 0 Å². The number of hydrogen-bond acceptors (Lipinski definition) is 5. The standard InChI is InChI=1S/C14H13N3O4/c1-2-15(11-6-4-3-5-7-11)13-9-8-12(16(18)19)10-14(13)17(20)21/h3-10H,2H2,1H3. The third-order valence-corrected chi connectivity index (χ3v) is 3.04. The fourth-order valence-electron chi connectivity index (χ4n) is 2.10. The quantitative estimate of drug-likeness (QED) is 0.618. The van der Waals surface area contributed by atoms with E-state index in [1.165, 1.54) is 12.1 Å². The van der Waals surface area contributed by atoms with Gasteiger partial charge in [-0.25, -0.2) is 0 Å². The Labute approximate surface area is 120 Å². The monoisotopic (exact) mass is 287 g/mol. The Hall–Kier alpha value is -2.96. The predicted octanol–water partition coefficient (Wildman–Crippen LogP) is 3.66. The van der Waals surface area contributed by atoms with E-state index >= 15 is 0 Å². The lowest BCUT2D eigenvalue weighted by molar-refractivity contribution is -0.393. The van der Waals surface area contributed by atoms with Crippen LogP contribution in [0.25, 0.3) is 0 Å². The molecule has 0 aromatic heterocycles. The molecular weight excluding hydrogens is 274 g/mol. The molecule has 0 spiro atoms. The largest absolute Gasteiger partial charge is 0.336 e. The van der Waals surface area contributed by atoms with E-state index < -0.39 is 9.85 Å². The molecule has 7 nitrogen and oxygen atoms in total. The highest BCUT2D eigenvalue weighted by atomic mass is 16.6. The molecule has 2 rings (SSSR count). The minimum absolute atomic E-state index is 0.282. The first-order valence-corrected chi connectivity index (χ1v) is 6.30. The number of hydrogen-bond donors (Lipinski definition) is 0. The van der Waals surface area contributed by atoms with E-state index in [0.717, 1.165) is 11.8 Å². The number of nitro groups is 2. The second kappa shape index (κ2) is 6.00. The molecule has 108 valence electrons. The summed E-state index contributed by atoms with van der Waals surface area (Å²) in [5, 5.41) is 22.0. The van der Waals surface area contributed by atoms with E-state index in [9.17, 15) is 20.2 Å². The Balaban J connectivity index is 2.56. The molecule has 0 atom stereocenters. The van der Waals surface area contributed by atoms with Crippen molar-refractivity contribution >= 4 is 22.7 Å². The van der Waals surface area contributed by atoms with Gasteiger partial charge in [-0.2, -0.15) is 0 Å². The summed E-state index contributed by atoms with van der Waals surface area (Å²) in [4.78, 5) is 22.5. The molecule has 0 saturated heterocycles. The molecule has 2 aromatic rings. The Morgan fingerprint density at radius 3 is 2.19 bits per heavy atom. The van der Waals surface area contributed by atoms with Crippen LogP contribution in [0.1, 0.15) is 6.92 Å². The van der Waals surface area contributed by atoms with Crippen molar-refractivity contribution in [3.8, 4) is 0 Å². The van der Waals surface area contributed by atoms with E-state index in [1.807, 2.05) is 37.3 Å². The van der Waals surface area contributed by atoms with Gasteiger partial charge in [0.05, 0.1) is 15.9 Å². The Bertz CT molecular complexity index is 673. The number of para-hydroxylation sites is 1. The van der Waals surface area contributed by atoms with Crippen LogP contribution >= 0.6 is 0 Å². The SMILES string of the molecule is CCN(c1ccccc1)c1ccc([N+](=O)[O-])cc1[N+](=O)[O-]. The maximum absolute atomic E-state index is 11.2. The van der Waals surface area contributed by atoms with Crippen molar-refractivity contribution in [2.75, 3.05) is 11.4 Å². The van der Waals surface area contributed by atoms with Crippen LogP contribution in [0.2, 0.25) is 0 Å². The molecule has 0 fully saturated rings. The van der Waals surface area contributed by atoms with Crippen LogP contribution in [0.3, 0.4) is 0 Å². The van der Waals surface area contributed by atoms with Gasteiger partial charge in [0, 0.05) is 18.3 Å². The number of nitro benzene ring substituents is 2. The zero-order valence-corrected chi connectivity index (χ0v) is 11.3. The first kappa shape index (κ1) is 14.4. The number of rotatable bonds is 5. The summed E-state index contributed by atoms with van der Waals surface area (Å²) in [5.74, 6) is 0. The molecule has 2 aromatic carbocycles. The van der Waals surface area contributed by atoms with Gasteiger partial charge in [-0.05, 0) is 25.1 Å². The summed E-state index contributed by atoms with van der Waals surface area (Å²) in [7, 11) is 0. The third kappa shape index (κ3) is 2.97. The summed E-state index contributed by atoms with van der Waals surface area (Å²) in [6, 6.07) is 12.8. The highest BCUT2D eigenvalue weighted by Crippen LogP contribution is 2.35. The van der Waals surface area contributed by atoms with Crippen LogP contribution in [0.4, 0.5) is 22.7 Å². The topological polar surface area (TPSA) is 89.5 Å². The van der Waals surface area contributed by atoms with Gasteiger partial charge >= 0.3 is 0 Å². The Morgan fingerprint density at radius 1 is 1.00 bits per heavy atom. The van der Waals surface area contributed by atoms with Crippen LogP contribution in [-0.2, 0) is 0 Å². The van der Waals surface area contributed by atoms with Crippen LogP contribution in [0, 0.1) is 20.2 Å². The van der Waals surface area contributed by atoms with Gasteiger partial charge in [0.25, 0.3) is 11.4 Å². The lowest BCUT2D eigenvalue weighted by Crippen LogP contribution is -2.17. The van der Waals surface area contributed by atoms with Crippen LogP contribution in [0.15, 0.2) is 48.5 Å². The van der Waals surface area contributed by atoms with E-state index in [2.05, 4.69) is 0 Å². The molecule has 0 bridgehead atoms. The molecule has 0 saturated carbocycles. The average Bonchev–Trinajstić information content (AvgIpc) is 2.49. The summed E-state index contributed by atoms with van der Waals surface area (Å²) in [6.45, 7) is 2.36. The number of anilines is 2. The molecule has 0 heterocycles. The van der Waals surface area contributed by atoms with E-state index in [0.29, 0.717) is 12.2 Å². The first-order chi connectivity index (χ1) is 10.0. The molecule has 0 amide bonds. The van der Waals surface area contributed by atoms with Gasteiger partial charge in [-0.1, -0.05) is 18.2 Å². The summed E-state index contributed by atoms with van der Waals surface area (Å²) in [6.07, 6.45) is 0. The van der Waals surface area contributed by atoms with Crippen molar-refractivity contribution in [2.24, 2.45) is 0 Å². The highest BCUT2D eigenvalue weighted by molar-refractivity contribution is 5.73. The Kier molecular flexibility index (Phi) is 4.13. The average molecular weight is 287 g/mol. The van der Waals surface area contributed by atoms with Gasteiger partial charge < -0.3 is 4.90 Å². The lowest BCUT2D eigenvalue weighted by atomic mass is 10.2. The summed E-state index contributed by atoms with van der Waals surface area (Å²) in [5.41, 5.74) is 0.542. The first-order valence-electron chi connectivity index (χ1n) is 6.30.